The van der Waals surface area contributed by atoms with Crippen LogP contribution in [0.1, 0.15) is 22.0 Å². The van der Waals surface area contributed by atoms with Crippen molar-refractivity contribution in [2.45, 2.75) is 12.2 Å². The van der Waals surface area contributed by atoms with Crippen molar-refractivity contribution in [3.8, 4) is 0 Å². The molecule has 0 spiro atoms. The summed E-state index contributed by atoms with van der Waals surface area (Å²) in [5.74, 6) is 0. The Bertz CT molecular complexity index is 729. The van der Waals surface area contributed by atoms with Gasteiger partial charge in [0.2, 0.25) is 0 Å². The minimum atomic E-state index is -4.35. The summed E-state index contributed by atoms with van der Waals surface area (Å²) in [6.45, 7) is 0. The fraction of sp³-hybridized carbons (Fsp3) is 0.200. The second kappa shape index (κ2) is 5.44. The molecule has 110 valence electrons. The summed E-state index contributed by atoms with van der Waals surface area (Å²) < 4.78 is 41.8. The molecule has 0 bridgehead atoms. The third-order valence-corrected chi connectivity index (χ3v) is 5.47. The van der Waals surface area contributed by atoms with Crippen LogP contribution >= 0.6 is 22.7 Å². The number of thiophene rings is 2. The van der Waals surface area contributed by atoms with E-state index in [1.54, 1.807) is 24.5 Å². The van der Waals surface area contributed by atoms with Gasteiger partial charge in [0.1, 0.15) is 0 Å². The molecule has 3 rings (SSSR count). The van der Waals surface area contributed by atoms with Gasteiger partial charge in [-0.05, 0) is 36.2 Å². The minimum Gasteiger partial charge on any atom is -0.309 e. The predicted molar refractivity (Wildman–Crippen MR) is 82.0 cm³/mol. The SMILES string of the molecule is CNC(c1cc2sccc2s1)c1ccccc1C(F)(F)F. The number of fused-ring (bicyclic) bond motifs is 1. The normalized spacial score (nSPS) is 13.7. The lowest BCUT2D eigenvalue weighted by Crippen LogP contribution is -2.21. The van der Waals surface area contributed by atoms with Gasteiger partial charge in [-0.15, -0.1) is 22.7 Å². The highest BCUT2D eigenvalue weighted by molar-refractivity contribution is 7.27. The summed E-state index contributed by atoms with van der Waals surface area (Å²) in [6.07, 6.45) is -4.35. The van der Waals surface area contributed by atoms with Crippen molar-refractivity contribution in [1.82, 2.24) is 5.32 Å². The lowest BCUT2D eigenvalue weighted by molar-refractivity contribution is -0.138. The van der Waals surface area contributed by atoms with Gasteiger partial charge >= 0.3 is 6.18 Å². The zero-order valence-electron chi connectivity index (χ0n) is 11.1. The van der Waals surface area contributed by atoms with E-state index in [0.29, 0.717) is 0 Å². The van der Waals surface area contributed by atoms with Crippen molar-refractivity contribution in [3.63, 3.8) is 0 Å². The van der Waals surface area contributed by atoms with E-state index in [-0.39, 0.29) is 5.56 Å². The lowest BCUT2D eigenvalue weighted by Gasteiger charge is -2.20. The summed E-state index contributed by atoms with van der Waals surface area (Å²) in [5.41, 5.74) is -0.317. The van der Waals surface area contributed by atoms with Gasteiger partial charge < -0.3 is 5.32 Å². The van der Waals surface area contributed by atoms with Crippen molar-refractivity contribution < 1.29 is 13.2 Å². The van der Waals surface area contributed by atoms with Gasteiger partial charge in [-0.2, -0.15) is 13.2 Å². The monoisotopic (exact) mass is 327 g/mol. The number of benzene rings is 1. The van der Waals surface area contributed by atoms with E-state index in [9.17, 15) is 13.2 Å². The molecule has 2 aromatic heterocycles. The van der Waals surface area contributed by atoms with Gasteiger partial charge in [0.25, 0.3) is 0 Å². The van der Waals surface area contributed by atoms with E-state index in [0.717, 1.165) is 20.3 Å². The van der Waals surface area contributed by atoms with Crippen LogP contribution in [0.3, 0.4) is 0 Å². The molecule has 1 unspecified atom stereocenters. The minimum absolute atomic E-state index is 0.265. The van der Waals surface area contributed by atoms with Crippen LogP contribution in [0.25, 0.3) is 9.40 Å². The van der Waals surface area contributed by atoms with E-state index in [1.165, 1.54) is 23.5 Å². The summed E-state index contributed by atoms with van der Waals surface area (Å²) in [6, 6.07) is 9.26. The second-order valence-corrected chi connectivity index (χ2v) is 6.67. The first kappa shape index (κ1) is 14.6. The molecule has 21 heavy (non-hydrogen) atoms. The van der Waals surface area contributed by atoms with Gasteiger partial charge in [0.05, 0.1) is 11.6 Å². The zero-order chi connectivity index (χ0) is 15.0. The second-order valence-electron chi connectivity index (χ2n) is 4.60. The van der Waals surface area contributed by atoms with Crippen LogP contribution in [0, 0.1) is 0 Å². The highest BCUT2D eigenvalue weighted by Gasteiger charge is 2.35. The number of nitrogens with one attached hydrogen (secondary N) is 1. The molecule has 0 fully saturated rings. The molecule has 1 atom stereocenters. The fourth-order valence-corrected chi connectivity index (χ4v) is 4.63. The topological polar surface area (TPSA) is 12.0 Å². The van der Waals surface area contributed by atoms with E-state index in [4.69, 9.17) is 0 Å². The van der Waals surface area contributed by atoms with Crippen LogP contribution in [0.5, 0.6) is 0 Å². The molecule has 0 aliphatic heterocycles. The molecule has 0 saturated heterocycles. The molecule has 0 saturated carbocycles. The van der Waals surface area contributed by atoms with Gasteiger partial charge in [-0.1, -0.05) is 18.2 Å². The van der Waals surface area contributed by atoms with E-state index in [1.807, 2.05) is 17.5 Å². The van der Waals surface area contributed by atoms with Crippen molar-refractivity contribution in [3.05, 3.63) is 57.8 Å². The van der Waals surface area contributed by atoms with Gasteiger partial charge in [-0.3, -0.25) is 0 Å². The van der Waals surface area contributed by atoms with Gasteiger partial charge in [-0.25, -0.2) is 0 Å². The first-order valence-electron chi connectivity index (χ1n) is 6.31. The highest BCUT2D eigenvalue weighted by atomic mass is 32.1. The molecule has 1 aromatic carbocycles. The molecule has 2 heterocycles. The Morgan fingerprint density at radius 1 is 1.10 bits per heavy atom. The zero-order valence-corrected chi connectivity index (χ0v) is 12.7. The number of hydrogen-bond acceptors (Lipinski definition) is 3. The Balaban J connectivity index is 2.10. The molecular formula is C15H12F3NS2. The quantitative estimate of drug-likeness (QED) is 0.689. The molecule has 1 N–H and O–H groups in total. The Labute approximate surface area is 128 Å². The van der Waals surface area contributed by atoms with Crippen LogP contribution in [0.15, 0.2) is 41.8 Å². The van der Waals surface area contributed by atoms with E-state index in [2.05, 4.69) is 5.32 Å². The number of alkyl halides is 3. The van der Waals surface area contributed by atoms with Crippen molar-refractivity contribution >= 4 is 32.1 Å². The molecule has 0 aliphatic carbocycles. The molecule has 0 aliphatic rings. The average molecular weight is 327 g/mol. The van der Waals surface area contributed by atoms with Crippen LogP contribution in [-0.2, 0) is 6.18 Å². The molecule has 0 radical (unpaired) electrons. The van der Waals surface area contributed by atoms with Crippen LogP contribution < -0.4 is 5.32 Å². The third-order valence-electron chi connectivity index (χ3n) is 3.31. The summed E-state index contributed by atoms with van der Waals surface area (Å²) >= 11 is 3.13. The largest absolute Gasteiger partial charge is 0.416 e. The highest BCUT2D eigenvalue weighted by Crippen LogP contribution is 2.40. The van der Waals surface area contributed by atoms with E-state index < -0.39 is 17.8 Å². The lowest BCUT2D eigenvalue weighted by atomic mass is 9.99. The van der Waals surface area contributed by atoms with Crippen molar-refractivity contribution in [2.75, 3.05) is 7.05 Å². The first-order valence-corrected chi connectivity index (χ1v) is 8.00. The standard InChI is InChI=1S/C15H12F3NS2/c1-19-14(13-8-12-11(21-13)6-7-20-12)9-4-2-3-5-10(9)15(16,17)18/h2-8,14,19H,1H3. The van der Waals surface area contributed by atoms with E-state index >= 15 is 0 Å². The Morgan fingerprint density at radius 2 is 1.86 bits per heavy atom. The predicted octanol–water partition coefficient (Wildman–Crippen LogP) is 5.29. The summed E-state index contributed by atoms with van der Waals surface area (Å²) in [5, 5.41) is 5.00. The van der Waals surface area contributed by atoms with Crippen LogP contribution in [0.4, 0.5) is 13.2 Å². The Hall–Kier alpha value is -1.37. The number of rotatable bonds is 3. The Morgan fingerprint density at radius 3 is 2.52 bits per heavy atom. The van der Waals surface area contributed by atoms with Gasteiger partial charge in [0.15, 0.2) is 0 Å². The van der Waals surface area contributed by atoms with Gasteiger partial charge in [0, 0.05) is 14.3 Å². The fourth-order valence-electron chi connectivity index (χ4n) is 2.38. The number of halogens is 3. The van der Waals surface area contributed by atoms with Crippen molar-refractivity contribution in [2.24, 2.45) is 0 Å². The van der Waals surface area contributed by atoms with Crippen LogP contribution in [-0.4, -0.2) is 7.05 Å². The number of hydrogen-bond donors (Lipinski definition) is 1. The third kappa shape index (κ3) is 2.71. The summed E-state index contributed by atoms with van der Waals surface area (Å²) in [4.78, 5) is 0.899. The van der Waals surface area contributed by atoms with Crippen LogP contribution in [0.2, 0.25) is 0 Å². The maximum atomic E-state index is 13.2. The first-order chi connectivity index (χ1) is 10.0. The molecule has 6 heteroatoms. The molecule has 3 aromatic rings. The molecule has 0 amide bonds. The average Bonchev–Trinajstić information content (AvgIpc) is 3.00. The van der Waals surface area contributed by atoms with Crippen molar-refractivity contribution in [1.29, 1.82) is 0 Å². The Kier molecular flexibility index (Phi) is 3.77. The maximum Gasteiger partial charge on any atom is 0.416 e. The smallest absolute Gasteiger partial charge is 0.309 e. The molecule has 1 nitrogen and oxygen atoms in total. The maximum absolute atomic E-state index is 13.2. The summed E-state index contributed by atoms with van der Waals surface area (Å²) in [7, 11) is 1.69. The molecular weight excluding hydrogens is 315 g/mol.